The molecule has 0 spiro atoms. The molecule has 1 aromatic carbocycles. The molecule has 0 amide bonds. The number of halogens is 3. The highest BCUT2D eigenvalue weighted by atomic mass is 127. The van der Waals surface area contributed by atoms with Gasteiger partial charge in [0.2, 0.25) is 0 Å². The molecule has 7 heteroatoms. The van der Waals surface area contributed by atoms with Gasteiger partial charge in [-0.15, -0.1) is 0 Å². The Morgan fingerprint density at radius 3 is 2.56 bits per heavy atom. The Kier molecular flexibility index (Phi) is 4.89. The summed E-state index contributed by atoms with van der Waals surface area (Å²) in [6, 6.07) is 4.02. The molecule has 16 heavy (non-hydrogen) atoms. The molecule has 86 valence electrons. The van der Waals surface area contributed by atoms with Crippen LogP contribution < -0.4 is 4.74 Å². The molecule has 0 atom stereocenters. The lowest BCUT2D eigenvalue weighted by atomic mass is 10.1. The summed E-state index contributed by atoms with van der Waals surface area (Å²) in [6.45, 7) is 0. The van der Waals surface area contributed by atoms with Gasteiger partial charge < -0.3 is 4.74 Å². The monoisotopic (exact) mass is 449 g/mol. The van der Waals surface area contributed by atoms with Crippen molar-refractivity contribution in [1.29, 1.82) is 0 Å². The van der Waals surface area contributed by atoms with E-state index in [4.69, 9.17) is 4.74 Å². The van der Waals surface area contributed by atoms with Crippen LogP contribution in [0, 0.1) is 10.1 Å². The summed E-state index contributed by atoms with van der Waals surface area (Å²) in [7, 11) is 1.40. The number of ether oxygens (including phenoxy) is 1. The van der Waals surface area contributed by atoms with Crippen LogP contribution in [0.25, 0.3) is 5.83 Å². The van der Waals surface area contributed by atoms with Crippen LogP contribution in [0.15, 0.2) is 19.8 Å². The number of nitrogens with zero attached hydrogens (tertiary/aromatic N) is 1. The third kappa shape index (κ3) is 3.03. The second-order valence-corrected chi connectivity index (χ2v) is 6.94. The van der Waals surface area contributed by atoms with E-state index in [0.29, 0.717) is 7.34 Å². The van der Waals surface area contributed by atoms with Crippen molar-refractivity contribution in [1.82, 2.24) is 0 Å². The molecule has 0 fully saturated rings. The molecule has 0 aliphatic heterocycles. The number of benzene rings is 1. The van der Waals surface area contributed by atoms with Crippen LogP contribution in [0.4, 0.5) is 10.1 Å². The maximum absolute atomic E-state index is 13.6. The van der Waals surface area contributed by atoms with Gasteiger partial charge >= 0.3 is 0 Å². The number of rotatable bonds is 3. The molecule has 0 aliphatic rings. The van der Waals surface area contributed by atoms with E-state index in [9.17, 15) is 14.5 Å². The van der Waals surface area contributed by atoms with Gasteiger partial charge in [0.15, 0.2) is 5.83 Å². The Bertz CT molecular complexity index is 458. The predicted molar refractivity (Wildman–Crippen MR) is 75.7 cm³/mol. The molecular weight excluding hydrogens is 443 g/mol. The van der Waals surface area contributed by atoms with Crippen molar-refractivity contribution >= 4 is 56.7 Å². The predicted octanol–water partition coefficient (Wildman–Crippen LogP) is 4.07. The fourth-order valence-electron chi connectivity index (χ4n) is 1.08. The highest BCUT2D eigenvalue weighted by molar-refractivity contribution is 14.2. The van der Waals surface area contributed by atoms with Crippen molar-refractivity contribution in [2.45, 2.75) is 0 Å². The average molecular weight is 449 g/mol. The third-order valence-corrected chi connectivity index (χ3v) is 2.75. The minimum atomic E-state index is -0.631. The number of nitro groups is 1. The summed E-state index contributed by atoms with van der Waals surface area (Å²) in [5.41, 5.74) is -0.340. The molecule has 0 radical (unpaired) electrons. The van der Waals surface area contributed by atoms with Crippen molar-refractivity contribution in [2.24, 2.45) is 0 Å². The summed E-state index contributed by atoms with van der Waals surface area (Å²) >= 11 is 3.53. The van der Waals surface area contributed by atoms with Crippen LogP contribution in [0.5, 0.6) is 5.75 Å². The van der Waals surface area contributed by atoms with Gasteiger partial charge in [-0.3, -0.25) is 10.1 Å². The van der Waals surface area contributed by atoms with Crippen molar-refractivity contribution in [3.05, 3.63) is 35.5 Å². The lowest BCUT2D eigenvalue weighted by molar-refractivity contribution is -0.385. The number of methoxy groups -OCH3 is 1. The van der Waals surface area contributed by atoms with E-state index in [1.165, 1.54) is 25.3 Å². The van der Waals surface area contributed by atoms with Gasteiger partial charge in [-0.25, -0.2) is 4.39 Å². The fourth-order valence-corrected chi connectivity index (χ4v) is 1.66. The highest BCUT2D eigenvalue weighted by Gasteiger charge is 2.19. The van der Waals surface area contributed by atoms with Crippen molar-refractivity contribution in [3.63, 3.8) is 0 Å². The number of hydrogen-bond acceptors (Lipinski definition) is 3. The first-order valence-electron chi connectivity index (χ1n) is 4.01. The zero-order valence-corrected chi connectivity index (χ0v) is 12.4. The Balaban J connectivity index is 3.40. The van der Waals surface area contributed by atoms with Crippen LogP contribution >= 0.6 is 45.2 Å². The molecule has 0 saturated carbocycles. The van der Waals surface area contributed by atoms with Crippen molar-refractivity contribution in [2.75, 3.05) is 7.11 Å². The standard InChI is InChI=1S/C9H6FI2NO3/c1-16-5-2-3-6(8(10)9(11)12)7(4-5)13(14)15/h2-4H,1H3. The summed E-state index contributed by atoms with van der Waals surface area (Å²) in [4.78, 5) is 10.1. The first kappa shape index (κ1) is 13.6. The topological polar surface area (TPSA) is 52.4 Å². The normalized spacial score (nSPS) is 9.75. The summed E-state index contributed by atoms with van der Waals surface area (Å²) in [6.07, 6.45) is 0. The second-order valence-electron chi connectivity index (χ2n) is 2.71. The molecular formula is C9H6FI2NO3. The smallest absolute Gasteiger partial charge is 0.283 e. The SMILES string of the molecule is COc1ccc(C(F)=C(I)I)c([N+](=O)[O-])c1. The molecule has 0 heterocycles. The highest BCUT2D eigenvalue weighted by Crippen LogP contribution is 2.36. The summed E-state index contributed by atoms with van der Waals surface area (Å²) in [5, 5.41) is 10.8. The molecule has 1 rings (SSSR count). The molecule has 0 saturated heterocycles. The van der Waals surface area contributed by atoms with Crippen LogP contribution in [0.2, 0.25) is 0 Å². The van der Waals surface area contributed by atoms with E-state index >= 15 is 0 Å². The first-order chi connectivity index (χ1) is 7.47. The zero-order chi connectivity index (χ0) is 12.3. The number of nitro benzene ring substituents is 1. The molecule has 0 bridgehead atoms. The Hall–Kier alpha value is -0.450. The van der Waals surface area contributed by atoms with Crippen molar-refractivity contribution < 1.29 is 14.1 Å². The van der Waals surface area contributed by atoms with E-state index in [1.54, 1.807) is 45.2 Å². The molecule has 0 N–H and O–H groups in total. The Labute approximate surface area is 118 Å². The Morgan fingerprint density at radius 2 is 2.12 bits per heavy atom. The third-order valence-electron chi connectivity index (χ3n) is 1.80. The van der Waals surface area contributed by atoms with Gasteiger partial charge in [-0.2, -0.15) is 0 Å². The molecule has 0 unspecified atom stereocenters. The van der Waals surface area contributed by atoms with E-state index in [2.05, 4.69) is 0 Å². The number of hydrogen-bond donors (Lipinski definition) is 0. The van der Waals surface area contributed by atoms with Crippen LogP contribution in [0.3, 0.4) is 0 Å². The first-order valence-corrected chi connectivity index (χ1v) is 6.16. The Morgan fingerprint density at radius 1 is 1.50 bits per heavy atom. The van der Waals surface area contributed by atoms with Gasteiger partial charge in [0, 0.05) is 0 Å². The molecule has 1 aromatic rings. The summed E-state index contributed by atoms with van der Waals surface area (Å²) < 4.78 is 18.8. The van der Waals surface area contributed by atoms with Crippen molar-refractivity contribution in [3.8, 4) is 5.75 Å². The molecule has 0 aliphatic carbocycles. The molecule has 4 nitrogen and oxygen atoms in total. The van der Waals surface area contributed by atoms with Gasteiger partial charge in [-0.1, -0.05) is 0 Å². The lowest BCUT2D eigenvalue weighted by Gasteiger charge is -2.03. The van der Waals surface area contributed by atoms with E-state index in [0.717, 1.165) is 0 Å². The molecule has 0 aromatic heterocycles. The van der Waals surface area contributed by atoms with Crippen LogP contribution in [-0.4, -0.2) is 12.0 Å². The maximum atomic E-state index is 13.6. The van der Waals surface area contributed by atoms with Gasteiger partial charge in [0.1, 0.15) is 5.75 Å². The fraction of sp³-hybridized carbons (Fsp3) is 0.111. The maximum Gasteiger partial charge on any atom is 0.283 e. The van der Waals surface area contributed by atoms with Gasteiger partial charge in [0.25, 0.3) is 5.69 Å². The zero-order valence-electron chi connectivity index (χ0n) is 8.04. The van der Waals surface area contributed by atoms with Gasteiger partial charge in [-0.05, 0) is 57.3 Å². The average Bonchev–Trinajstić information content (AvgIpc) is 2.26. The second kappa shape index (κ2) is 5.75. The van der Waals surface area contributed by atoms with E-state index in [-0.39, 0.29) is 11.3 Å². The van der Waals surface area contributed by atoms with Gasteiger partial charge in [0.05, 0.1) is 25.2 Å². The van der Waals surface area contributed by atoms with Crippen LogP contribution in [0.1, 0.15) is 5.56 Å². The minimum absolute atomic E-state index is 0.0374. The van der Waals surface area contributed by atoms with E-state index < -0.39 is 10.8 Å². The lowest BCUT2D eigenvalue weighted by Crippen LogP contribution is -1.95. The minimum Gasteiger partial charge on any atom is -0.497 e. The largest absolute Gasteiger partial charge is 0.497 e. The summed E-state index contributed by atoms with van der Waals surface area (Å²) in [5.74, 6) is -0.276. The van der Waals surface area contributed by atoms with Crippen LogP contribution in [-0.2, 0) is 0 Å². The van der Waals surface area contributed by atoms with E-state index in [1.807, 2.05) is 0 Å². The quantitative estimate of drug-likeness (QED) is 0.398.